The van der Waals surface area contributed by atoms with E-state index in [2.05, 4.69) is 0 Å². The van der Waals surface area contributed by atoms with E-state index in [0.717, 1.165) is 0 Å². The first-order valence-electron chi connectivity index (χ1n) is 14.8. The Morgan fingerprint density at radius 3 is 1.60 bits per heavy atom. The number of benzene rings is 3. The lowest BCUT2D eigenvalue weighted by Crippen LogP contribution is -2.60. The van der Waals surface area contributed by atoms with Crippen molar-refractivity contribution in [2.24, 2.45) is 0 Å². The fourth-order valence-electron chi connectivity index (χ4n) is 6.38. The van der Waals surface area contributed by atoms with Gasteiger partial charge in [0.1, 0.15) is 71.8 Å². The summed E-state index contributed by atoms with van der Waals surface area (Å²) in [5.74, 6) is -0.0677. The van der Waals surface area contributed by atoms with Gasteiger partial charge < -0.3 is 69.3 Å². The minimum atomic E-state index is -1.67. The molecule has 1 spiro atoms. The number of aliphatic hydroxyl groups is 8. The largest absolute Gasteiger partial charge is 0.462 e. The van der Waals surface area contributed by atoms with E-state index in [0.29, 0.717) is 22.3 Å². The Morgan fingerprint density at radius 1 is 0.617 bits per heavy atom. The van der Waals surface area contributed by atoms with Gasteiger partial charge in [0.15, 0.2) is 5.60 Å². The number of carbonyl (C=O) groups excluding carboxylic acids is 1. The summed E-state index contributed by atoms with van der Waals surface area (Å²) in [6, 6.07) is 16.0. The first kappa shape index (κ1) is 31.7. The maximum atomic E-state index is 13.2. The van der Waals surface area contributed by atoms with Crippen LogP contribution in [-0.2, 0) is 19.8 Å². The average Bonchev–Trinajstić information content (AvgIpc) is 3.37. The maximum Gasteiger partial charge on any atom is 0.340 e. The second-order valence-electron chi connectivity index (χ2n) is 11.7. The molecule has 2 fully saturated rings. The molecule has 15 heteroatoms. The zero-order chi connectivity index (χ0) is 33.2. The third-order valence-corrected chi connectivity index (χ3v) is 8.86. The number of hydrogen-bond donors (Lipinski definition) is 8. The number of ether oxygens (including phenoxy) is 6. The molecule has 10 atom stereocenters. The minimum absolute atomic E-state index is 0.0954. The van der Waals surface area contributed by atoms with E-state index in [1.54, 1.807) is 36.4 Å². The molecule has 3 aromatic rings. The van der Waals surface area contributed by atoms with Crippen molar-refractivity contribution in [3.05, 3.63) is 82.9 Å². The monoisotopic (exact) mass is 656 g/mol. The molecule has 47 heavy (non-hydrogen) atoms. The van der Waals surface area contributed by atoms with Gasteiger partial charge in [0.2, 0.25) is 12.6 Å². The van der Waals surface area contributed by atoms with Gasteiger partial charge in [0, 0.05) is 28.8 Å². The lowest BCUT2D eigenvalue weighted by Gasteiger charge is -2.40. The molecule has 0 aliphatic carbocycles. The summed E-state index contributed by atoms with van der Waals surface area (Å²) in [7, 11) is 0. The first-order chi connectivity index (χ1) is 22.6. The van der Waals surface area contributed by atoms with Gasteiger partial charge in [0.25, 0.3) is 0 Å². The smallest absolute Gasteiger partial charge is 0.340 e. The van der Waals surface area contributed by atoms with Crippen LogP contribution in [0.3, 0.4) is 0 Å². The summed E-state index contributed by atoms with van der Waals surface area (Å²) >= 11 is 0. The fourth-order valence-corrected chi connectivity index (χ4v) is 6.38. The Morgan fingerprint density at radius 2 is 1.11 bits per heavy atom. The van der Waals surface area contributed by atoms with Gasteiger partial charge in [0.05, 0.1) is 18.8 Å². The topological polar surface area (TPSA) is 234 Å². The lowest BCUT2D eigenvalue weighted by atomic mass is 9.77. The Labute approximate surface area is 266 Å². The minimum Gasteiger partial charge on any atom is -0.462 e. The molecule has 15 nitrogen and oxygen atoms in total. The first-order valence-corrected chi connectivity index (χ1v) is 14.8. The van der Waals surface area contributed by atoms with Gasteiger partial charge in [-0.3, -0.25) is 0 Å². The van der Waals surface area contributed by atoms with Crippen LogP contribution in [-0.4, -0.2) is 121 Å². The summed E-state index contributed by atoms with van der Waals surface area (Å²) in [6.45, 7) is -1.29. The number of carbonyl (C=O) groups is 1. The molecule has 250 valence electrons. The molecule has 4 heterocycles. The van der Waals surface area contributed by atoms with Gasteiger partial charge >= 0.3 is 5.97 Å². The van der Waals surface area contributed by atoms with Gasteiger partial charge in [-0.1, -0.05) is 18.2 Å². The Hall–Kier alpha value is -3.87. The highest BCUT2D eigenvalue weighted by atomic mass is 16.7. The Bertz CT molecular complexity index is 1570. The predicted molar refractivity (Wildman–Crippen MR) is 153 cm³/mol. The molecule has 0 amide bonds. The van der Waals surface area contributed by atoms with E-state index >= 15 is 0 Å². The summed E-state index contributed by atoms with van der Waals surface area (Å²) in [5, 5.41) is 80.7. The van der Waals surface area contributed by atoms with E-state index in [9.17, 15) is 45.6 Å². The zero-order valence-corrected chi connectivity index (χ0v) is 24.4. The van der Waals surface area contributed by atoms with Crippen molar-refractivity contribution < 1.29 is 74.1 Å². The van der Waals surface area contributed by atoms with Crippen LogP contribution in [0.2, 0.25) is 0 Å². The normalized spacial score (nSPS) is 35.7. The number of rotatable bonds is 6. The van der Waals surface area contributed by atoms with Gasteiger partial charge in [-0.25, -0.2) is 4.79 Å². The zero-order valence-electron chi connectivity index (χ0n) is 24.4. The van der Waals surface area contributed by atoms with Crippen molar-refractivity contribution in [3.8, 4) is 23.0 Å². The molecule has 7 rings (SSSR count). The lowest BCUT2D eigenvalue weighted by molar-refractivity contribution is -0.277. The van der Waals surface area contributed by atoms with Crippen LogP contribution in [0, 0.1) is 0 Å². The fraction of sp³-hybridized carbons (Fsp3) is 0.406. The predicted octanol–water partition coefficient (Wildman–Crippen LogP) is -1.39. The van der Waals surface area contributed by atoms with Crippen LogP contribution in [0.1, 0.15) is 27.0 Å². The average molecular weight is 657 g/mol. The molecule has 3 aromatic carbocycles. The van der Waals surface area contributed by atoms with E-state index in [4.69, 9.17) is 28.4 Å². The molecule has 8 N–H and O–H groups in total. The second kappa shape index (κ2) is 12.0. The summed E-state index contributed by atoms with van der Waals surface area (Å²) in [6.07, 6.45) is -15.1. The molecule has 0 saturated carbocycles. The third-order valence-electron chi connectivity index (χ3n) is 8.86. The van der Waals surface area contributed by atoms with Crippen molar-refractivity contribution in [2.75, 3.05) is 13.2 Å². The summed E-state index contributed by atoms with van der Waals surface area (Å²) in [4.78, 5) is 13.2. The van der Waals surface area contributed by atoms with Crippen LogP contribution < -0.4 is 14.2 Å². The number of fused-ring (bicyclic) bond motifs is 6. The van der Waals surface area contributed by atoms with Crippen molar-refractivity contribution in [1.82, 2.24) is 0 Å². The third kappa shape index (κ3) is 5.03. The Balaban J connectivity index is 1.26. The number of aliphatic hydroxyl groups excluding tert-OH is 8. The maximum absolute atomic E-state index is 13.2. The van der Waals surface area contributed by atoms with Gasteiger partial charge in [-0.2, -0.15) is 0 Å². The molecular weight excluding hydrogens is 624 g/mol. The number of esters is 1. The van der Waals surface area contributed by atoms with E-state index < -0.39 is 86.2 Å². The highest BCUT2D eigenvalue weighted by Gasteiger charge is 2.54. The van der Waals surface area contributed by atoms with Crippen LogP contribution in [0.4, 0.5) is 0 Å². The van der Waals surface area contributed by atoms with Gasteiger partial charge in [-0.05, 0) is 30.3 Å². The van der Waals surface area contributed by atoms with Crippen LogP contribution in [0.25, 0.3) is 0 Å². The quantitative estimate of drug-likeness (QED) is 0.143. The molecular formula is C32H32O15. The van der Waals surface area contributed by atoms with Crippen LogP contribution in [0.5, 0.6) is 23.0 Å². The molecule has 4 aliphatic rings. The summed E-state index contributed by atoms with van der Waals surface area (Å²) in [5.41, 5.74) is 0.217. The van der Waals surface area contributed by atoms with Gasteiger partial charge in [-0.15, -0.1) is 0 Å². The highest BCUT2D eigenvalue weighted by Crippen LogP contribution is 2.57. The molecule has 0 aromatic heterocycles. The SMILES string of the molecule is O=C1OC2(c3ccc(OC4O[C@H](CO)[C@H](O)[C@H](O)[C@H]4O)cc3Oc3cc(OC4O[C@H](CO)[C@H](O)[C@H](O)[C@H]4O)ccc32)c2ccccc21. The van der Waals surface area contributed by atoms with E-state index in [1.807, 2.05) is 0 Å². The van der Waals surface area contributed by atoms with Crippen molar-refractivity contribution in [3.63, 3.8) is 0 Å². The molecule has 2 saturated heterocycles. The molecule has 0 bridgehead atoms. The van der Waals surface area contributed by atoms with Crippen LogP contribution in [0.15, 0.2) is 60.7 Å². The van der Waals surface area contributed by atoms with Crippen LogP contribution >= 0.6 is 0 Å². The van der Waals surface area contributed by atoms with Crippen molar-refractivity contribution in [2.45, 2.75) is 67.0 Å². The van der Waals surface area contributed by atoms with Crippen molar-refractivity contribution >= 4 is 5.97 Å². The summed E-state index contributed by atoms with van der Waals surface area (Å²) < 4.78 is 35.0. The molecule has 4 aliphatic heterocycles. The van der Waals surface area contributed by atoms with E-state index in [1.165, 1.54) is 24.3 Å². The molecule has 2 unspecified atom stereocenters. The Kier molecular flexibility index (Phi) is 8.08. The standard InChI is InChI=1S/C32H32O15/c33-11-21-23(35)25(37)27(39)30(45-21)42-13-5-7-17-19(9-13)44-20-10-14(43-31-28(40)26(38)24(36)22(12-34)46-31)6-8-18(20)32(17)16-4-2-1-3-15(16)29(41)47-32/h1-10,21-28,30-31,33-40H,11-12H2/t21-,22-,23+,24+,25+,26+,27-,28-,30?,31?,32?/m1/s1. The number of hydrogen-bond acceptors (Lipinski definition) is 15. The second-order valence-corrected chi connectivity index (χ2v) is 11.7. The molecule has 0 radical (unpaired) electrons. The highest BCUT2D eigenvalue weighted by molar-refractivity contribution is 5.97. The van der Waals surface area contributed by atoms with Crippen molar-refractivity contribution in [1.29, 1.82) is 0 Å². The van der Waals surface area contributed by atoms with E-state index in [-0.39, 0.29) is 23.0 Å².